The van der Waals surface area contributed by atoms with Crippen LogP contribution in [0.3, 0.4) is 0 Å². The number of aromatic carboxylic acids is 1. The minimum atomic E-state index is -1.12. The van der Waals surface area contributed by atoms with Gasteiger partial charge in [-0.1, -0.05) is 18.7 Å². The van der Waals surface area contributed by atoms with Crippen molar-refractivity contribution in [1.29, 1.82) is 0 Å². The third-order valence-electron chi connectivity index (χ3n) is 3.36. The van der Waals surface area contributed by atoms with E-state index in [1.165, 1.54) is 34.9 Å². The molecule has 0 fully saturated rings. The summed E-state index contributed by atoms with van der Waals surface area (Å²) in [5.41, 5.74) is 2.06. The van der Waals surface area contributed by atoms with Gasteiger partial charge in [0.1, 0.15) is 11.4 Å². The van der Waals surface area contributed by atoms with E-state index < -0.39 is 5.97 Å². The molecule has 6 heteroatoms. The van der Waals surface area contributed by atoms with Crippen LogP contribution in [0, 0.1) is 12.7 Å². The summed E-state index contributed by atoms with van der Waals surface area (Å²) in [5.74, 6) is -1.15. The number of carboxylic acids is 1. The van der Waals surface area contributed by atoms with E-state index in [0.29, 0.717) is 17.0 Å². The minimum absolute atomic E-state index is 0.0257. The number of aryl methyl sites for hydroxylation is 1. The Labute approximate surface area is 125 Å². The van der Waals surface area contributed by atoms with E-state index >= 15 is 0 Å². The maximum Gasteiger partial charge on any atom is 0.340 e. The zero-order valence-electron chi connectivity index (χ0n) is 11.7. The number of carboxylic acid groups (broad SMARTS) is 1. The molecule has 0 amide bonds. The fourth-order valence-corrected chi connectivity index (χ4v) is 2.35. The summed E-state index contributed by atoms with van der Waals surface area (Å²) in [4.78, 5) is 15.9. The molecule has 0 unspecified atom stereocenters. The highest BCUT2D eigenvalue weighted by atomic mass is 19.1. The van der Waals surface area contributed by atoms with Crippen LogP contribution < -0.4 is 0 Å². The molecule has 1 aromatic carbocycles. The van der Waals surface area contributed by atoms with Gasteiger partial charge in [-0.3, -0.25) is 0 Å². The number of halogens is 1. The molecule has 0 saturated heterocycles. The molecular weight excluding hydrogens is 285 g/mol. The molecule has 0 spiro atoms. The van der Waals surface area contributed by atoms with Gasteiger partial charge >= 0.3 is 5.97 Å². The average Bonchev–Trinajstić information content (AvgIpc) is 2.92. The summed E-state index contributed by atoms with van der Waals surface area (Å²) in [7, 11) is 0. The second-order valence-electron chi connectivity index (χ2n) is 4.80. The number of fused-ring (bicyclic) bond motifs is 1. The van der Waals surface area contributed by atoms with Crippen LogP contribution >= 0.6 is 0 Å². The Kier molecular flexibility index (Phi) is 3.21. The lowest BCUT2D eigenvalue weighted by Crippen LogP contribution is -2.06. The van der Waals surface area contributed by atoms with Gasteiger partial charge in [-0.25, -0.2) is 18.7 Å². The molecule has 2 heterocycles. The molecule has 0 atom stereocenters. The first-order valence-electron chi connectivity index (χ1n) is 6.53. The van der Waals surface area contributed by atoms with E-state index in [-0.39, 0.29) is 17.0 Å². The highest BCUT2D eigenvalue weighted by Gasteiger charge is 2.20. The average molecular weight is 297 g/mol. The number of pyridine rings is 1. The van der Waals surface area contributed by atoms with Gasteiger partial charge in [0.25, 0.3) is 0 Å². The normalized spacial score (nSPS) is 10.8. The summed E-state index contributed by atoms with van der Waals surface area (Å²) < 4.78 is 14.6. The van der Waals surface area contributed by atoms with E-state index in [9.17, 15) is 14.3 Å². The fraction of sp³-hybridized carbons (Fsp3) is 0.0625. The summed E-state index contributed by atoms with van der Waals surface area (Å²) >= 11 is 0. The Morgan fingerprint density at radius 2 is 2.05 bits per heavy atom. The Morgan fingerprint density at radius 3 is 2.64 bits per heavy atom. The summed E-state index contributed by atoms with van der Waals surface area (Å²) in [6, 6.07) is 7.36. The minimum Gasteiger partial charge on any atom is -0.478 e. The van der Waals surface area contributed by atoms with Gasteiger partial charge in [-0.2, -0.15) is 0 Å². The van der Waals surface area contributed by atoms with Crippen LogP contribution in [0.25, 0.3) is 22.9 Å². The molecule has 5 nitrogen and oxygen atoms in total. The summed E-state index contributed by atoms with van der Waals surface area (Å²) in [5, 5.41) is 13.8. The number of carbonyl (C=O) groups is 1. The van der Waals surface area contributed by atoms with Crippen molar-refractivity contribution in [2.75, 3.05) is 0 Å². The Hall–Kier alpha value is -3.02. The van der Waals surface area contributed by atoms with Crippen LogP contribution in [-0.2, 0) is 0 Å². The van der Waals surface area contributed by atoms with Crippen molar-refractivity contribution >= 4 is 17.7 Å². The first-order chi connectivity index (χ1) is 10.5. The maximum atomic E-state index is 13.1. The van der Waals surface area contributed by atoms with Gasteiger partial charge in [0.05, 0.1) is 0 Å². The van der Waals surface area contributed by atoms with Gasteiger partial charge in [0.15, 0.2) is 11.5 Å². The predicted octanol–water partition coefficient (Wildman–Crippen LogP) is 3.19. The van der Waals surface area contributed by atoms with Crippen LogP contribution in [0.1, 0.15) is 21.9 Å². The van der Waals surface area contributed by atoms with Crippen LogP contribution in [0.2, 0.25) is 0 Å². The number of hydrogen-bond acceptors (Lipinski definition) is 3. The molecule has 3 aromatic rings. The van der Waals surface area contributed by atoms with E-state index in [1.807, 2.05) is 0 Å². The van der Waals surface area contributed by atoms with E-state index in [2.05, 4.69) is 16.7 Å². The molecule has 0 radical (unpaired) electrons. The van der Waals surface area contributed by atoms with Gasteiger partial charge < -0.3 is 5.11 Å². The highest BCUT2D eigenvalue weighted by molar-refractivity contribution is 6.02. The molecule has 22 heavy (non-hydrogen) atoms. The van der Waals surface area contributed by atoms with E-state index in [1.54, 1.807) is 13.0 Å². The van der Waals surface area contributed by atoms with Crippen LogP contribution in [-0.4, -0.2) is 25.7 Å². The first kappa shape index (κ1) is 13.9. The lowest BCUT2D eigenvalue weighted by Gasteiger charge is -2.09. The molecule has 0 bridgehead atoms. The number of hydrogen-bond donors (Lipinski definition) is 1. The lowest BCUT2D eigenvalue weighted by atomic mass is 10.00. The van der Waals surface area contributed by atoms with Gasteiger partial charge in [-0.05, 0) is 36.8 Å². The third-order valence-corrected chi connectivity index (χ3v) is 3.36. The largest absolute Gasteiger partial charge is 0.478 e. The zero-order chi connectivity index (χ0) is 15.9. The predicted molar refractivity (Wildman–Crippen MR) is 80.2 cm³/mol. The van der Waals surface area contributed by atoms with Crippen molar-refractivity contribution in [3.05, 3.63) is 59.8 Å². The second kappa shape index (κ2) is 5.07. The molecular formula is C16H12FN3O2. The van der Waals surface area contributed by atoms with Crippen LogP contribution in [0.15, 0.2) is 36.9 Å². The van der Waals surface area contributed by atoms with Crippen LogP contribution in [0.5, 0.6) is 0 Å². The third kappa shape index (κ3) is 2.14. The highest BCUT2D eigenvalue weighted by Crippen LogP contribution is 2.28. The molecule has 0 aliphatic heterocycles. The topological polar surface area (TPSA) is 67.5 Å². The SMILES string of the molecule is C=Cc1nc2c(C(=O)O)c(-c3ccc(F)cc3)cc(C)n2n1. The number of nitrogens with zero attached hydrogens (tertiary/aromatic N) is 3. The number of benzene rings is 1. The molecule has 2 aromatic heterocycles. The Balaban J connectivity index is 2.38. The molecule has 1 N–H and O–H groups in total. The van der Waals surface area contributed by atoms with Crippen molar-refractivity contribution in [2.24, 2.45) is 0 Å². The van der Waals surface area contributed by atoms with Crippen molar-refractivity contribution < 1.29 is 14.3 Å². The zero-order valence-corrected chi connectivity index (χ0v) is 11.7. The Bertz CT molecular complexity index is 898. The Morgan fingerprint density at radius 1 is 1.36 bits per heavy atom. The summed E-state index contributed by atoms with van der Waals surface area (Å²) in [6.07, 6.45) is 1.45. The van der Waals surface area contributed by atoms with Gasteiger partial charge in [-0.15, -0.1) is 5.10 Å². The standard InChI is InChI=1S/C16H12FN3O2/c1-3-13-18-15-14(16(21)22)12(8-9(2)20(15)19-13)10-4-6-11(17)7-5-10/h3-8H,1H2,2H3,(H,21,22). The fourth-order valence-electron chi connectivity index (χ4n) is 2.35. The van der Waals surface area contributed by atoms with E-state index in [0.717, 1.165) is 5.69 Å². The molecule has 0 aliphatic carbocycles. The molecule has 0 aliphatic rings. The van der Waals surface area contributed by atoms with Crippen LogP contribution in [0.4, 0.5) is 4.39 Å². The molecule has 110 valence electrons. The van der Waals surface area contributed by atoms with E-state index in [4.69, 9.17) is 0 Å². The number of aromatic nitrogens is 3. The lowest BCUT2D eigenvalue weighted by molar-refractivity contribution is 0.0699. The monoisotopic (exact) mass is 297 g/mol. The maximum absolute atomic E-state index is 13.1. The quantitative estimate of drug-likeness (QED) is 0.806. The molecule has 3 rings (SSSR count). The van der Waals surface area contributed by atoms with Crippen molar-refractivity contribution in [3.63, 3.8) is 0 Å². The smallest absolute Gasteiger partial charge is 0.340 e. The molecule has 0 saturated carbocycles. The second-order valence-corrected chi connectivity index (χ2v) is 4.80. The first-order valence-corrected chi connectivity index (χ1v) is 6.53. The van der Waals surface area contributed by atoms with Crippen molar-refractivity contribution in [3.8, 4) is 11.1 Å². The van der Waals surface area contributed by atoms with Crippen molar-refractivity contribution in [1.82, 2.24) is 14.6 Å². The summed E-state index contributed by atoms with van der Waals surface area (Å²) in [6.45, 7) is 5.39. The van der Waals surface area contributed by atoms with Gasteiger partial charge in [0, 0.05) is 11.3 Å². The number of rotatable bonds is 3. The van der Waals surface area contributed by atoms with Gasteiger partial charge in [0.2, 0.25) is 0 Å². The van der Waals surface area contributed by atoms with Crippen molar-refractivity contribution in [2.45, 2.75) is 6.92 Å².